The average Bonchev–Trinajstić information content (AvgIpc) is 2.49. The van der Waals surface area contributed by atoms with Crippen LogP contribution in [0.1, 0.15) is 15.9 Å². The highest BCUT2D eigenvalue weighted by Gasteiger charge is 2.11. The van der Waals surface area contributed by atoms with Gasteiger partial charge in [0.1, 0.15) is 5.75 Å². The average molecular weight is 335 g/mol. The Hall–Kier alpha value is -2.11. The van der Waals surface area contributed by atoms with Crippen molar-refractivity contribution >= 4 is 40.5 Å². The molecular weight excluding hydrogens is 320 g/mol. The highest BCUT2D eigenvalue weighted by atomic mass is 35.5. The van der Waals surface area contributed by atoms with Crippen LogP contribution >= 0.6 is 23.8 Å². The number of amides is 1. The van der Waals surface area contributed by atoms with Crippen LogP contribution in [-0.2, 0) is 0 Å². The van der Waals surface area contributed by atoms with Gasteiger partial charge in [0, 0.05) is 11.3 Å². The quantitative estimate of drug-likeness (QED) is 0.839. The lowest BCUT2D eigenvalue weighted by Crippen LogP contribution is -2.34. The number of carbonyl (C=O) groups excluding carboxylic acids is 1. The predicted octanol–water partition coefficient (Wildman–Crippen LogP) is 3.78. The van der Waals surface area contributed by atoms with Crippen molar-refractivity contribution in [3.05, 3.63) is 58.6 Å². The molecule has 2 rings (SSSR count). The maximum absolute atomic E-state index is 12.1. The Morgan fingerprint density at radius 2 is 1.95 bits per heavy atom. The normalized spacial score (nSPS) is 9.95. The van der Waals surface area contributed by atoms with Gasteiger partial charge in [-0.15, -0.1) is 0 Å². The lowest BCUT2D eigenvalue weighted by atomic mass is 10.2. The smallest absolute Gasteiger partial charge is 0.257 e. The molecular formula is C16H15ClN2O2S. The lowest BCUT2D eigenvalue weighted by Gasteiger charge is -2.12. The minimum atomic E-state index is -0.337. The van der Waals surface area contributed by atoms with E-state index in [1.54, 1.807) is 12.1 Å². The molecule has 0 atom stereocenters. The maximum Gasteiger partial charge on any atom is 0.257 e. The Balaban J connectivity index is 2.04. The van der Waals surface area contributed by atoms with E-state index in [4.69, 9.17) is 28.6 Å². The zero-order valence-electron chi connectivity index (χ0n) is 12.1. The van der Waals surface area contributed by atoms with E-state index in [2.05, 4.69) is 10.6 Å². The van der Waals surface area contributed by atoms with Gasteiger partial charge in [-0.3, -0.25) is 10.1 Å². The second kappa shape index (κ2) is 7.24. The third-order valence-corrected chi connectivity index (χ3v) is 3.53. The zero-order valence-corrected chi connectivity index (χ0v) is 13.7. The first-order chi connectivity index (χ1) is 10.5. The van der Waals surface area contributed by atoms with Gasteiger partial charge in [-0.25, -0.2) is 0 Å². The third kappa shape index (κ3) is 3.96. The summed E-state index contributed by atoms with van der Waals surface area (Å²) in [5.41, 5.74) is 2.28. The van der Waals surface area contributed by atoms with E-state index in [1.807, 2.05) is 31.2 Å². The number of anilines is 1. The van der Waals surface area contributed by atoms with Crippen LogP contribution in [0.5, 0.6) is 5.75 Å². The molecule has 4 nitrogen and oxygen atoms in total. The second-order valence-electron chi connectivity index (χ2n) is 4.57. The number of ether oxygens (including phenoxy) is 1. The summed E-state index contributed by atoms with van der Waals surface area (Å²) in [7, 11) is 1.52. The van der Waals surface area contributed by atoms with Gasteiger partial charge in [0.15, 0.2) is 5.11 Å². The van der Waals surface area contributed by atoms with Crippen LogP contribution in [0, 0.1) is 6.92 Å². The molecule has 0 unspecified atom stereocenters. The molecule has 0 bridgehead atoms. The molecule has 0 aliphatic carbocycles. The van der Waals surface area contributed by atoms with Crippen molar-refractivity contribution in [3.8, 4) is 5.75 Å². The van der Waals surface area contributed by atoms with Crippen LogP contribution in [0.4, 0.5) is 5.69 Å². The molecule has 0 aliphatic heterocycles. The molecule has 2 aromatic carbocycles. The molecule has 2 N–H and O–H groups in total. The Bertz CT molecular complexity index is 719. The minimum Gasteiger partial charge on any atom is -0.495 e. The molecule has 0 fully saturated rings. The summed E-state index contributed by atoms with van der Waals surface area (Å²) in [6.45, 7) is 1.95. The highest BCUT2D eigenvalue weighted by molar-refractivity contribution is 7.80. The number of carbonyl (C=O) groups is 1. The van der Waals surface area contributed by atoms with Gasteiger partial charge in [0.25, 0.3) is 5.91 Å². The van der Waals surface area contributed by atoms with Crippen molar-refractivity contribution in [1.29, 1.82) is 0 Å². The van der Waals surface area contributed by atoms with Gasteiger partial charge in [-0.1, -0.05) is 29.8 Å². The SMILES string of the molecule is COc1ccc(C(=O)NC(=S)Nc2ccccc2C)cc1Cl. The van der Waals surface area contributed by atoms with E-state index < -0.39 is 0 Å². The van der Waals surface area contributed by atoms with Gasteiger partial charge >= 0.3 is 0 Å². The van der Waals surface area contributed by atoms with Gasteiger partial charge in [0.05, 0.1) is 12.1 Å². The lowest BCUT2D eigenvalue weighted by molar-refractivity contribution is 0.0977. The summed E-state index contributed by atoms with van der Waals surface area (Å²) in [6, 6.07) is 12.5. The van der Waals surface area contributed by atoms with Crippen molar-refractivity contribution in [3.63, 3.8) is 0 Å². The van der Waals surface area contributed by atoms with Gasteiger partial charge in [-0.05, 0) is 49.0 Å². The van der Waals surface area contributed by atoms with Crippen LogP contribution in [0.2, 0.25) is 5.02 Å². The Morgan fingerprint density at radius 3 is 2.59 bits per heavy atom. The fraction of sp³-hybridized carbons (Fsp3) is 0.125. The molecule has 0 heterocycles. The third-order valence-electron chi connectivity index (χ3n) is 3.03. The van der Waals surface area contributed by atoms with Crippen molar-refractivity contribution < 1.29 is 9.53 Å². The van der Waals surface area contributed by atoms with Crippen molar-refractivity contribution in [1.82, 2.24) is 5.32 Å². The number of para-hydroxylation sites is 1. The number of methoxy groups -OCH3 is 1. The molecule has 0 aromatic heterocycles. The molecule has 0 radical (unpaired) electrons. The summed E-state index contributed by atoms with van der Waals surface area (Å²) in [4.78, 5) is 12.1. The van der Waals surface area contributed by atoms with Crippen LogP contribution < -0.4 is 15.4 Å². The number of hydrogen-bond donors (Lipinski definition) is 2. The molecule has 0 saturated carbocycles. The summed E-state index contributed by atoms with van der Waals surface area (Å²) >= 11 is 11.2. The van der Waals surface area contributed by atoms with E-state index in [0.717, 1.165) is 11.3 Å². The molecule has 114 valence electrons. The molecule has 0 aliphatic rings. The van der Waals surface area contributed by atoms with Gasteiger partial charge in [0.2, 0.25) is 0 Å². The summed E-state index contributed by atoms with van der Waals surface area (Å²) < 4.78 is 5.05. The largest absolute Gasteiger partial charge is 0.495 e. The second-order valence-corrected chi connectivity index (χ2v) is 5.39. The monoisotopic (exact) mass is 334 g/mol. The van der Waals surface area contributed by atoms with Crippen LogP contribution in [-0.4, -0.2) is 18.1 Å². The highest BCUT2D eigenvalue weighted by Crippen LogP contribution is 2.24. The Labute approximate surface area is 139 Å². The van der Waals surface area contributed by atoms with Crippen molar-refractivity contribution in [2.45, 2.75) is 6.92 Å². The standard InChI is InChI=1S/C16H15ClN2O2S/c1-10-5-3-4-6-13(10)18-16(22)19-15(20)11-7-8-14(21-2)12(17)9-11/h3-9H,1-2H3,(H2,18,19,20,22). The first-order valence-corrected chi connectivity index (χ1v) is 7.31. The fourth-order valence-corrected chi connectivity index (χ4v) is 2.31. The predicted molar refractivity (Wildman–Crippen MR) is 92.9 cm³/mol. The van der Waals surface area contributed by atoms with E-state index in [0.29, 0.717) is 16.3 Å². The summed E-state index contributed by atoms with van der Waals surface area (Å²) in [6.07, 6.45) is 0. The number of nitrogens with one attached hydrogen (secondary N) is 2. The summed E-state index contributed by atoms with van der Waals surface area (Å²) in [5.74, 6) is 0.175. The fourth-order valence-electron chi connectivity index (χ4n) is 1.85. The van der Waals surface area contributed by atoms with E-state index in [1.165, 1.54) is 13.2 Å². The van der Waals surface area contributed by atoms with E-state index >= 15 is 0 Å². The molecule has 2 aromatic rings. The topological polar surface area (TPSA) is 50.4 Å². The number of benzene rings is 2. The number of aryl methyl sites for hydroxylation is 1. The number of halogens is 1. The summed E-state index contributed by atoms with van der Waals surface area (Å²) in [5, 5.41) is 6.20. The Morgan fingerprint density at radius 1 is 1.23 bits per heavy atom. The van der Waals surface area contributed by atoms with Crippen molar-refractivity contribution in [2.75, 3.05) is 12.4 Å². The first kappa shape index (κ1) is 16.3. The number of hydrogen-bond acceptors (Lipinski definition) is 3. The number of thiocarbonyl (C=S) groups is 1. The minimum absolute atomic E-state index is 0.228. The molecule has 0 saturated heterocycles. The van der Waals surface area contributed by atoms with Crippen molar-refractivity contribution in [2.24, 2.45) is 0 Å². The van der Waals surface area contributed by atoms with Gasteiger partial charge < -0.3 is 10.1 Å². The van der Waals surface area contributed by atoms with Crippen LogP contribution in [0.15, 0.2) is 42.5 Å². The maximum atomic E-state index is 12.1. The zero-order chi connectivity index (χ0) is 16.1. The van der Waals surface area contributed by atoms with Gasteiger partial charge in [-0.2, -0.15) is 0 Å². The molecule has 22 heavy (non-hydrogen) atoms. The molecule has 6 heteroatoms. The first-order valence-electron chi connectivity index (χ1n) is 6.52. The van der Waals surface area contributed by atoms with Crippen LogP contribution in [0.3, 0.4) is 0 Å². The number of rotatable bonds is 3. The Kier molecular flexibility index (Phi) is 5.35. The van der Waals surface area contributed by atoms with E-state index in [9.17, 15) is 4.79 Å². The molecule has 1 amide bonds. The molecule has 0 spiro atoms. The van der Waals surface area contributed by atoms with E-state index in [-0.39, 0.29) is 11.0 Å². The van der Waals surface area contributed by atoms with Crippen LogP contribution in [0.25, 0.3) is 0 Å².